The molecule has 2 heterocycles. The molecule has 0 spiro atoms. The maximum absolute atomic E-state index is 4.74. The standard InChI is InChI=1S/C15H21N5/c1-4-7-16-13-11(3)15(20-9-10(2)8-17-20)19-14(18-13)12-5-6-12/h8-9,12H,4-7H2,1-3H3,(H,16,18,19). The molecule has 0 aliphatic heterocycles. The van der Waals surface area contributed by atoms with E-state index in [-0.39, 0.29) is 0 Å². The third-order valence-corrected chi connectivity index (χ3v) is 3.55. The number of anilines is 1. The molecule has 1 aliphatic rings. The van der Waals surface area contributed by atoms with Gasteiger partial charge in [0, 0.05) is 24.2 Å². The molecule has 5 nitrogen and oxygen atoms in total. The molecule has 1 aliphatic carbocycles. The fourth-order valence-electron chi connectivity index (χ4n) is 2.21. The predicted octanol–water partition coefficient (Wildman–Crippen LogP) is 2.98. The van der Waals surface area contributed by atoms with Gasteiger partial charge >= 0.3 is 0 Å². The largest absolute Gasteiger partial charge is 0.370 e. The first-order valence-corrected chi connectivity index (χ1v) is 7.33. The maximum Gasteiger partial charge on any atom is 0.162 e. The van der Waals surface area contributed by atoms with Gasteiger partial charge in [-0.15, -0.1) is 0 Å². The Balaban J connectivity index is 2.04. The van der Waals surface area contributed by atoms with Crippen LogP contribution in [0.4, 0.5) is 5.82 Å². The minimum atomic E-state index is 0.535. The first-order valence-electron chi connectivity index (χ1n) is 7.33. The van der Waals surface area contributed by atoms with E-state index in [1.54, 1.807) is 0 Å². The smallest absolute Gasteiger partial charge is 0.162 e. The van der Waals surface area contributed by atoms with E-state index in [9.17, 15) is 0 Å². The lowest BCUT2D eigenvalue weighted by atomic mass is 10.2. The molecule has 0 bridgehead atoms. The fraction of sp³-hybridized carbons (Fsp3) is 0.533. The Labute approximate surface area is 119 Å². The van der Waals surface area contributed by atoms with Gasteiger partial charge in [-0.25, -0.2) is 14.6 Å². The van der Waals surface area contributed by atoms with Crippen LogP contribution in [-0.4, -0.2) is 26.3 Å². The number of hydrogen-bond acceptors (Lipinski definition) is 4. The lowest BCUT2D eigenvalue weighted by molar-refractivity contribution is 0.797. The highest BCUT2D eigenvalue weighted by molar-refractivity contribution is 5.52. The Bertz CT molecular complexity index is 613. The van der Waals surface area contributed by atoms with E-state index in [0.29, 0.717) is 5.92 Å². The van der Waals surface area contributed by atoms with Crippen molar-refractivity contribution in [3.8, 4) is 5.82 Å². The van der Waals surface area contributed by atoms with Crippen molar-refractivity contribution < 1.29 is 0 Å². The summed E-state index contributed by atoms with van der Waals surface area (Å²) in [5.41, 5.74) is 2.20. The first kappa shape index (κ1) is 13.1. The van der Waals surface area contributed by atoms with Crippen LogP contribution in [0.25, 0.3) is 5.82 Å². The van der Waals surface area contributed by atoms with Crippen molar-refractivity contribution in [2.24, 2.45) is 0 Å². The normalized spacial score (nSPS) is 14.6. The third-order valence-electron chi connectivity index (χ3n) is 3.55. The molecule has 3 rings (SSSR count). The molecular formula is C15H21N5. The molecule has 5 heteroatoms. The van der Waals surface area contributed by atoms with Gasteiger partial charge < -0.3 is 5.32 Å². The van der Waals surface area contributed by atoms with Crippen LogP contribution in [0.15, 0.2) is 12.4 Å². The highest BCUT2D eigenvalue weighted by atomic mass is 15.3. The Morgan fingerprint density at radius 3 is 2.70 bits per heavy atom. The molecule has 0 radical (unpaired) electrons. The highest BCUT2D eigenvalue weighted by Gasteiger charge is 2.28. The van der Waals surface area contributed by atoms with Crippen LogP contribution >= 0.6 is 0 Å². The van der Waals surface area contributed by atoms with E-state index in [4.69, 9.17) is 9.97 Å². The lowest BCUT2D eigenvalue weighted by Crippen LogP contribution is -2.12. The zero-order chi connectivity index (χ0) is 14.1. The lowest BCUT2D eigenvalue weighted by Gasteiger charge is -2.13. The van der Waals surface area contributed by atoms with Gasteiger partial charge in [0.15, 0.2) is 5.82 Å². The molecule has 1 fully saturated rings. The second-order valence-electron chi connectivity index (χ2n) is 5.54. The van der Waals surface area contributed by atoms with Crippen LogP contribution in [0.1, 0.15) is 49.1 Å². The van der Waals surface area contributed by atoms with Gasteiger partial charge in [-0.05, 0) is 38.7 Å². The van der Waals surface area contributed by atoms with Crippen molar-refractivity contribution in [2.75, 3.05) is 11.9 Å². The van der Waals surface area contributed by atoms with Gasteiger partial charge in [0.05, 0.1) is 6.20 Å². The molecule has 1 N–H and O–H groups in total. The zero-order valence-electron chi connectivity index (χ0n) is 12.3. The van der Waals surface area contributed by atoms with Crippen molar-refractivity contribution in [1.82, 2.24) is 19.7 Å². The Morgan fingerprint density at radius 2 is 2.10 bits per heavy atom. The maximum atomic E-state index is 4.74. The Morgan fingerprint density at radius 1 is 1.30 bits per heavy atom. The number of aromatic nitrogens is 4. The molecule has 2 aromatic heterocycles. The molecule has 1 saturated carbocycles. The highest BCUT2D eigenvalue weighted by Crippen LogP contribution is 2.39. The molecule has 0 atom stereocenters. The van der Waals surface area contributed by atoms with Crippen LogP contribution in [0, 0.1) is 13.8 Å². The molecular weight excluding hydrogens is 250 g/mol. The predicted molar refractivity (Wildman–Crippen MR) is 79.4 cm³/mol. The SMILES string of the molecule is CCCNc1nc(C2CC2)nc(-n2cc(C)cn2)c1C. The average Bonchev–Trinajstić information content (AvgIpc) is 3.20. The molecule has 106 valence electrons. The van der Waals surface area contributed by atoms with Crippen molar-refractivity contribution in [2.45, 2.75) is 46.0 Å². The van der Waals surface area contributed by atoms with E-state index >= 15 is 0 Å². The number of hydrogen-bond donors (Lipinski definition) is 1. The summed E-state index contributed by atoms with van der Waals surface area (Å²) in [5, 5.41) is 7.80. The van der Waals surface area contributed by atoms with Crippen molar-refractivity contribution >= 4 is 5.82 Å². The van der Waals surface area contributed by atoms with Gasteiger partial charge in [0.2, 0.25) is 0 Å². The van der Waals surface area contributed by atoms with Crippen LogP contribution in [0.5, 0.6) is 0 Å². The minimum Gasteiger partial charge on any atom is -0.370 e. The summed E-state index contributed by atoms with van der Waals surface area (Å²) < 4.78 is 1.86. The average molecular weight is 271 g/mol. The number of nitrogens with one attached hydrogen (secondary N) is 1. The van der Waals surface area contributed by atoms with E-state index in [2.05, 4.69) is 24.3 Å². The van der Waals surface area contributed by atoms with Crippen molar-refractivity contribution in [3.63, 3.8) is 0 Å². The van der Waals surface area contributed by atoms with Crippen LogP contribution < -0.4 is 5.32 Å². The van der Waals surface area contributed by atoms with Crippen LogP contribution in [0.2, 0.25) is 0 Å². The van der Waals surface area contributed by atoms with Gasteiger partial charge in [-0.3, -0.25) is 0 Å². The molecule has 0 unspecified atom stereocenters. The second-order valence-corrected chi connectivity index (χ2v) is 5.54. The summed E-state index contributed by atoms with van der Waals surface area (Å²) in [6.45, 7) is 7.18. The number of rotatable bonds is 5. The summed E-state index contributed by atoms with van der Waals surface area (Å²) in [5.74, 6) is 3.34. The monoisotopic (exact) mass is 271 g/mol. The molecule has 0 saturated heterocycles. The summed E-state index contributed by atoms with van der Waals surface area (Å²) in [6.07, 6.45) is 7.35. The molecule has 2 aromatic rings. The van der Waals surface area contributed by atoms with Crippen molar-refractivity contribution in [1.29, 1.82) is 0 Å². The quantitative estimate of drug-likeness (QED) is 0.908. The minimum absolute atomic E-state index is 0.535. The number of nitrogens with zero attached hydrogens (tertiary/aromatic N) is 4. The first-order chi connectivity index (χ1) is 9.69. The Hall–Kier alpha value is -1.91. The third kappa shape index (κ3) is 2.53. The van der Waals surface area contributed by atoms with Crippen LogP contribution in [0.3, 0.4) is 0 Å². The van der Waals surface area contributed by atoms with E-state index < -0.39 is 0 Å². The van der Waals surface area contributed by atoms with Gasteiger partial charge in [-0.1, -0.05) is 6.92 Å². The van der Waals surface area contributed by atoms with Gasteiger partial charge in [0.1, 0.15) is 11.6 Å². The van der Waals surface area contributed by atoms with E-state index in [1.165, 1.54) is 12.8 Å². The van der Waals surface area contributed by atoms with Crippen molar-refractivity contribution in [3.05, 3.63) is 29.3 Å². The fourth-order valence-corrected chi connectivity index (χ4v) is 2.21. The zero-order valence-corrected chi connectivity index (χ0v) is 12.3. The molecule has 0 aromatic carbocycles. The number of aryl methyl sites for hydroxylation is 1. The summed E-state index contributed by atoms with van der Waals surface area (Å²) in [4.78, 5) is 9.44. The van der Waals surface area contributed by atoms with Gasteiger partial charge in [0.25, 0.3) is 0 Å². The summed E-state index contributed by atoms with van der Waals surface area (Å²) in [6, 6.07) is 0. The topological polar surface area (TPSA) is 55.6 Å². The Kier molecular flexibility index (Phi) is 3.42. The molecule has 0 amide bonds. The summed E-state index contributed by atoms with van der Waals surface area (Å²) >= 11 is 0. The van der Waals surface area contributed by atoms with Gasteiger partial charge in [-0.2, -0.15) is 5.10 Å². The second kappa shape index (κ2) is 5.23. The summed E-state index contributed by atoms with van der Waals surface area (Å²) in [7, 11) is 0. The van der Waals surface area contributed by atoms with E-state index in [0.717, 1.165) is 41.6 Å². The molecule has 20 heavy (non-hydrogen) atoms. The van der Waals surface area contributed by atoms with Crippen LogP contribution in [-0.2, 0) is 0 Å². The van der Waals surface area contributed by atoms with E-state index in [1.807, 2.05) is 24.0 Å².